The van der Waals surface area contributed by atoms with E-state index >= 15 is 0 Å². The van der Waals surface area contributed by atoms with Crippen LogP contribution in [-0.4, -0.2) is 44.6 Å². The van der Waals surface area contributed by atoms with Crippen LogP contribution in [0.3, 0.4) is 0 Å². The van der Waals surface area contributed by atoms with E-state index in [9.17, 15) is 4.79 Å². The summed E-state index contributed by atoms with van der Waals surface area (Å²) in [7, 11) is 4.76. The van der Waals surface area contributed by atoms with E-state index < -0.39 is 6.10 Å². The minimum atomic E-state index is -0.526. The molecule has 0 unspecified atom stereocenters. The molecule has 1 amide bonds. The predicted molar refractivity (Wildman–Crippen MR) is 94.0 cm³/mol. The van der Waals surface area contributed by atoms with Crippen LogP contribution in [0.5, 0.6) is 11.5 Å². The summed E-state index contributed by atoms with van der Waals surface area (Å²) in [6.07, 6.45) is 1.13. The standard InChI is InChI=1S/C19H20N2O4/c1-23-15-8-4-13(5-9-15)12-20-21-17(18(25-3)19(21)22)14-6-10-16(24-2)11-7-14/h4-12,17-18H,1-3H3/b20-12-/t17-,18+/m1/s1. The van der Waals surface area contributed by atoms with Crippen LogP contribution < -0.4 is 9.47 Å². The summed E-state index contributed by atoms with van der Waals surface area (Å²) in [6.45, 7) is 0. The molecule has 1 fully saturated rings. The molecule has 130 valence electrons. The molecule has 0 radical (unpaired) electrons. The second-order valence-corrected chi connectivity index (χ2v) is 5.57. The van der Waals surface area contributed by atoms with Gasteiger partial charge in [-0.15, -0.1) is 0 Å². The molecular weight excluding hydrogens is 320 g/mol. The van der Waals surface area contributed by atoms with Crippen molar-refractivity contribution < 1.29 is 19.0 Å². The lowest BCUT2D eigenvalue weighted by Gasteiger charge is -2.42. The Bertz CT molecular complexity index is 756. The zero-order valence-corrected chi connectivity index (χ0v) is 14.4. The van der Waals surface area contributed by atoms with Gasteiger partial charge < -0.3 is 14.2 Å². The number of benzene rings is 2. The second-order valence-electron chi connectivity index (χ2n) is 5.57. The van der Waals surface area contributed by atoms with Gasteiger partial charge in [0.2, 0.25) is 0 Å². The van der Waals surface area contributed by atoms with E-state index in [4.69, 9.17) is 14.2 Å². The minimum absolute atomic E-state index is 0.159. The van der Waals surface area contributed by atoms with E-state index in [-0.39, 0.29) is 11.9 Å². The van der Waals surface area contributed by atoms with Gasteiger partial charge in [0, 0.05) is 7.11 Å². The number of nitrogens with zero attached hydrogens (tertiary/aromatic N) is 2. The molecule has 0 N–H and O–H groups in total. The zero-order valence-electron chi connectivity index (χ0n) is 14.4. The lowest BCUT2D eigenvalue weighted by molar-refractivity contribution is -0.171. The van der Waals surface area contributed by atoms with Crippen molar-refractivity contribution in [2.75, 3.05) is 21.3 Å². The maximum Gasteiger partial charge on any atom is 0.275 e. The molecule has 2 aromatic carbocycles. The fourth-order valence-electron chi connectivity index (χ4n) is 2.74. The van der Waals surface area contributed by atoms with Crippen molar-refractivity contribution in [2.24, 2.45) is 5.10 Å². The number of carbonyl (C=O) groups excluding carboxylic acids is 1. The number of hydrogen-bond acceptors (Lipinski definition) is 5. The zero-order chi connectivity index (χ0) is 17.8. The van der Waals surface area contributed by atoms with Gasteiger partial charge in [-0.3, -0.25) is 4.79 Å². The van der Waals surface area contributed by atoms with E-state index in [1.54, 1.807) is 20.4 Å². The van der Waals surface area contributed by atoms with Crippen LogP contribution in [0.25, 0.3) is 0 Å². The first-order chi connectivity index (χ1) is 12.2. The normalized spacial score (nSPS) is 19.8. The van der Waals surface area contributed by atoms with Crippen LogP contribution in [0.15, 0.2) is 53.6 Å². The van der Waals surface area contributed by atoms with Gasteiger partial charge in [-0.1, -0.05) is 12.1 Å². The van der Waals surface area contributed by atoms with Gasteiger partial charge in [0.1, 0.15) is 17.5 Å². The Morgan fingerprint density at radius 1 is 0.920 bits per heavy atom. The summed E-state index contributed by atoms with van der Waals surface area (Å²) in [5, 5.41) is 5.79. The third-order valence-electron chi connectivity index (χ3n) is 4.18. The summed E-state index contributed by atoms with van der Waals surface area (Å²) in [6, 6.07) is 14.7. The molecule has 1 aliphatic heterocycles. The molecule has 0 aliphatic carbocycles. The quantitative estimate of drug-likeness (QED) is 0.599. The van der Waals surface area contributed by atoms with E-state index in [1.165, 1.54) is 12.1 Å². The maximum atomic E-state index is 12.3. The lowest BCUT2D eigenvalue weighted by atomic mass is 9.92. The smallest absolute Gasteiger partial charge is 0.275 e. The predicted octanol–water partition coefficient (Wildman–Crippen LogP) is 2.64. The summed E-state index contributed by atoms with van der Waals surface area (Å²) in [4.78, 5) is 12.3. The van der Waals surface area contributed by atoms with Crippen LogP contribution in [0, 0.1) is 0 Å². The first kappa shape index (κ1) is 17.0. The van der Waals surface area contributed by atoms with Crippen LogP contribution >= 0.6 is 0 Å². The van der Waals surface area contributed by atoms with Crippen LogP contribution in [-0.2, 0) is 9.53 Å². The highest BCUT2D eigenvalue weighted by Gasteiger charge is 2.49. The lowest BCUT2D eigenvalue weighted by Crippen LogP contribution is -2.57. The summed E-state index contributed by atoms with van der Waals surface area (Å²) < 4.78 is 15.6. The van der Waals surface area contributed by atoms with Gasteiger partial charge >= 0.3 is 0 Å². The van der Waals surface area contributed by atoms with Crippen LogP contribution in [0.2, 0.25) is 0 Å². The molecule has 1 heterocycles. The highest BCUT2D eigenvalue weighted by Crippen LogP contribution is 2.37. The van der Waals surface area contributed by atoms with Crippen molar-refractivity contribution in [3.8, 4) is 11.5 Å². The van der Waals surface area contributed by atoms with Gasteiger partial charge in [-0.2, -0.15) is 5.10 Å². The first-order valence-corrected chi connectivity index (χ1v) is 7.85. The number of amides is 1. The monoisotopic (exact) mass is 340 g/mol. The molecule has 0 spiro atoms. The van der Waals surface area contributed by atoms with Crippen molar-refractivity contribution in [3.05, 3.63) is 59.7 Å². The van der Waals surface area contributed by atoms with Crippen molar-refractivity contribution in [2.45, 2.75) is 12.1 Å². The SMILES string of the molecule is COc1ccc(/C=N\N2C(=O)[C@@H](OC)[C@H]2c2ccc(OC)cc2)cc1. The van der Waals surface area contributed by atoms with Gasteiger partial charge in [0.15, 0.2) is 6.10 Å². The molecule has 0 aromatic heterocycles. The Morgan fingerprint density at radius 3 is 2.00 bits per heavy atom. The van der Waals surface area contributed by atoms with Gasteiger partial charge in [0.25, 0.3) is 5.91 Å². The highest BCUT2D eigenvalue weighted by molar-refractivity contribution is 5.90. The Balaban J connectivity index is 1.79. The summed E-state index contributed by atoms with van der Waals surface area (Å²) >= 11 is 0. The van der Waals surface area contributed by atoms with Gasteiger partial charge in [-0.05, 0) is 47.5 Å². The van der Waals surface area contributed by atoms with Crippen molar-refractivity contribution in [3.63, 3.8) is 0 Å². The first-order valence-electron chi connectivity index (χ1n) is 7.85. The van der Waals surface area contributed by atoms with E-state index in [1.807, 2.05) is 48.5 Å². The van der Waals surface area contributed by atoms with Crippen molar-refractivity contribution >= 4 is 12.1 Å². The largest absolute Gasteiger partial charge is 0.497 e. The summed E-state index contributed by atoms with van der Waals surface area (Å²) in [5.41, 5.74) is 1.82. The van der Waals surface area contributed by atoms with Crippen LogP contribution in [0.1, 0.15) is 17.2 Å². The molecule has 1 saturated heterocycles. The molecule has 6 nitrogen and oxygen atoms in total. The Morgan fingerprint density at radius 2 is 1.48 bits per heavy atom. The number of β-lactam (4-membered cyclic amide) rings is 1. The number of rotatable bonds is 6. The Hall–Kier alpha value is -2.86. The Labute approximate surface area is 146 Å². The molecule has 2 atom stereocenters. The minimum Gasteiger partial charge on any atom is -0.497 e. The van der Waals surface area contributed by atoms with Gasteiger partial charge in [-0.25, -0.2) is 5.01 Å². The number of hydrogen-bond donors (Lipinski definition) is 0. The van der Waals surface area contributed by atoms with Crippen molar-refractivity contribution in [1.29, 1.82) is 0 Å². The molecule has 0 bridgehead atoms. The van der Waals surface area contributed by atoms with Crippen molar-refractivity contribution in [1.82, 2.24) is 5.01 Å². The molecule has 0 saturated carbocycles. The molecule has 1 aliphatic rings. The van der Waals surface area contributed by atoms with Crippen LogP contribution in [0.4, 0.5) is 0 Å². The second kappa shape index (κ2) is 7.36. The van der Waals surface area contributed by atoms with E-state index in [0.717, 1.165) is 22.6 Å². The topological polar surface area (TPSA) is 60.4 Å². The van der Waals surface area contributed by atoms with E-state index in [2.05, 4.69) is 5.10 Å². The average Bonchev–Trinajstić information content (AvgIpc) is 2.67. The number of methoxy groups -OCH3 is 3. The highest BCUT2D eigenvalue weighted by atomic mass is 16.5. The molecule has 3 rings (SSSR count). The fourth-order valence-corrected chi connectivity index (χ4v) is 2.74. The maximum absolute atomic E-state index is 12.3. The molecular formula is C19H20N2O4. The third-order valence-corrected chi connectivity index (χ3v) is 4.18. The molecule has 6 heteroatoms. The number of ether oxygens (including phenoxy) is 3. The average molecular weight is 340 g/mol. The fraction of sp³-hybridized carbons (Fsp3) is 0.263. The van der Waals surface area contributed by atoms with Gasteiger partial charge in [0.05, 0.1) is 20.4 Å². The molecule has 2 aromatic rings. The Kier molecular flexibility index (Phi) is 5.00. The van der Waals surface area contributed by atoms with E-state index in [0.29, 0.717) is 0 Å². The summed E-state index contributed by atoms with van der Waals surface area (Å²) in [5.74, 6) is 1.37. The number of carbonyl (C=O) groups is 1. The molecule has 25 heavy (non-hydrogen) atoms. The third kappa shape index (κ3) is 3.34. The number of hydrazone groups is 1.